The van der Waals surface area contributed by atoms with Gasteiger partial charge in [-0.2, -0.15) is 0 Å². The molecular formula is C15H13FN2O2S. The molecule has 0 aliphatic carbocycles. The molecule has 3 rings (SSSR count). The Bertz CT molecular complexity index is 870. The molecule has 4 nitrogen and oxygen atoms in total. The summed E-state index contributed by atoms with van der Waals surface area (Å²) in [4.78, 5) is 3.00. The van der Waals surface area contributed by atoms with Gasteiger partial charge in [-0.3, -0.25) is 4.57 Å². The highest BCUT2D eigenvalue weighted by molar-refractivity contribution is 7.71. The van der Waals surface area contributed by atoms with E-state index in [1.54, 1.807) is 37.0 Å². The lowest BCUT2D eigenvalue weighted by Gasteiger charge is -2.12. The molecule has 1 heterocycles. The molecule has 0 spiro atoms. The van der Waals surface area contributed by atoms with Crippen LogP contribution in [0.4, 0.5) is 4.39 Å². The van der Waals surface area contributed by atoms with Gasteiger partial charge in [0.15, 0.2) is 4.77 Å². The number of fused-ring (bicyclic) bond motifs is 1. The van der Waals surface area contributed by atoms with E-state index in [0.29, 0.717) is 21.8 Å². The first-order chi connectivity index (χ1) is 10.1. The van der Waals surface area contributed by atoms with Gasteiger partial charge in [0.1, 0.15) is 17.3 Å². The Labute approximate surface area is 125 Å². The van der Waals surface area contributed by atoms with Gasteiger partial charge in [-0.15, -0.1) is 0 Å². The lowest BCUT2D eigenvalue weighted by atomic mass is 10.2. The number of aromatic amines is 1. The number of rotatable bonds is 3. The molecule has 0 saturated carbocycles. The Kier molecular flexibility index (Phi) is 3.39. The Morgan fingerprint density at radius 3 is 2.62 bits per heavy atom. The van der Waals surface area contributed by atoms with Crippen molar-refractivity contribution in [2.24, 2.45) is 0 Å². The summed E-state index contributed by atoms with van der Waals surface area (Å²) in [6.45, 7) is 0. The number of ether oxygens (including phenoxy) is 2. The lowest BCUT2D eigenvalue weighted by molar-refractivity contribution is 0.401. The Morgan fingerprint density at radius 2 is 1.90 bits per heavy atom. The van der Waals surface area contributed by atoms with Gasteiger partial charge in [0, 0.05) is 6.07 Å². The van der Waals surface area contributed by atoms with Crippen molar-refractivity contribution in [1.29, 1.82) is 0 Å². The number of aromatic nitrogens is 2. The molecule has 0 saturated heterocycles. The van der Waals surface area contributed by atoms with E-state index in [4.69, 9.17) is 21.7 Å². The minimum Gasteiger partial charge on any atom is -0.497 e. The molecule has 0 aliphatic heterocycles. The highest BCUT2D eigenvalue weighted by Crippen LogP contribution is 2.30. The molecule has 0 amide bonds. The van der Waals surface area contributed by atoms with Crippen LogP contribution >= 0.6 is 12.2 Å². The molecule has 0 bridgehead atoms. The van der Waals surface area contributed by atoms with Crippen LogP contribution in [0, 0.1) is 10.6 Å². The minimum absolute atomic E-state index is 0.316. The van der Waals surface area contributed by atoms with Gasteiger partial charge in [0.25, 0.3) is 0 Å². The zero-order chi connectivity index (χ0) is 15.0. The summed E-state index contributed by atoms with van der Waals surface area (Å²) < 4.78 is 26.2. The Balaban J connectivity index is 2.34. The molecule has 0 fully saturated rings. The second kappa shape index (κ2) is 5.21. The number of nitrogens with zero attached hydrogens (tertiary/aromatic N) is 1. The van der Waals surface area contributed by atoms with E-state index in [9.17, 15) is 4.39 Å². The number of methoxy groups -OCH3 is 2. The maximum Gasteiger partial charge on any atom is 0.182 e. The SMILES string of the molecule is COc1ccc(OC)c(-n2c(=S)[nH]c3cc(F)ccc32)c1. The number of benzene rings is 2. The summed E-state index contributed by atoms with van der Waals surface area (Å²) in [5.41, 5.74) is 2.14. The predicted octanol–water partition coefficient (Wildman–Crippen LogP) is 3.84. The van der Waals surface area contributed by atoms with Crippen molar-refractivity contribution < 1.29 is 13.9 Å². The van der Waals surface area contributed by atoms with E-state index in [1.165, 1.54) is 12.1 Å². The van der Waals surface area contributed by atoms with Gasteiger partial charge in [-0.05, 0) is 42.5 Å². The first-order valence-electron chi connectivity index (χ1n) is 6.26. The van der Waals surface area contributed by atoms with E-state index in [1.807, 2.05) is 6.07 Å². The topological polar surface area (TPSA) is 39.2 Å². The van der Waals surface area contributed by atoms with Gasteiger partial charge in [0.05, 0.1) is 30.9 Å². The van der Waals surface area contributed by atoms with E-state index >= 15 is 0 Å². The first-order valence-corrected chi connectivity index (χ1v) is 6.67. The van der Waals surface area contributed by atoms with Crippen molar-refractivity contribution in [2.75, 3.05) is 14.2 Å². The smallest absolute Gasteiger partial charge is 0.182 e. The molecule has 0 unspecified atom stereocenters. The molecule has 0 atom stereocenters. The van der Waals surface area contributed by atoms with Crippen LogP contribution in [0.3, 0.4) is 0 Å². The average Bonchev–Trinajstić information content (AvgIpc) is 2.81. The molecular weight excluding hydrogens is 291 g/mol. The minimum atomic E-state index is -0.316. The number of H-pyrrole nitrogens is 1. The fourth-order valence-electron chi connectivity index (χ4n) is 2.29. The number of hydrogen-bond acceptors (Lipinski definition) is 3. The van der Waals surface area contributed by atoms with Gasteiger partial charge in [0.2, 0.25) is 0 Å². The second-order valence-electron chi connectivity index (χ2n) is 4.46. The fraction of sp³-hybridized carbons (Fsp3) is 0.133. The normalized spacial score (nSPS) is 10.8. The van der Waals surface area contributed by atoms with E-state index in [-0.39, 0.29) is 5.82 Å². The van der Waals surface area contributed by atoms with E-state index in [0.717, 1.165) is 11.2 Å². The molecule has 3 aromatic rings. The fourth-order valence-corrected chi connectivity index (χ4v) is 2.60. The van der Waals surface area contributed by atoms with Crippen LogP contribution in [0.2, 0.25) is 0 Å². The number of imidazole rings is 1. The number of hydrogen-bond donors (Lipinski definition) is 1. The molecule has 108 valence electrons. The summed E-state index contributed by atoms with van der Waals surface area (Å²) in [6, 6.07) is 9.92. The first kappa shape index (κ1) is 13.6. The Hall–Kier alpha value is -2.34. The molecule has 21 heavy (non-hydrogen) atoms. The standard InChI is InChI=1S/C15H13FN2O2S/c1-19-10-4-6-14(20-2)13(8-10)18-12-5-3-9(16)7-11(12)17-15(18)21/h3-8H,1-2H3,(H,17,21). The van der Waals surface area contributed by atoms with Crippen LogP contribution in [0.5, 0.6) is 11.5 Å². The maximum atomic E-state index is 13.3. The quantitative estimate of drug-likeness (QED) is 0.747. The van der Waals surface area contributed by atoms with Crippen LogP contribution in [-0.2, 0) is 0 Å². The summed E-state index contributed by atoms with van der Waals surface area (Å²) in [5.74, 6) is 1.02. The molecule has 2 aromatic carbocycles. The molecule has 0 aliphatic rings. The third kappa shape index (κ3) is 2.27. The zero-order valence-corrected chi connectivity index (χ0v) is 12.3. The molecule has 1 N–H and O–H groups in total. The number of halogens is 1. The highest BCUT2D eigenvalue weighted by Gasteiger charge is 2.13. The van der Waals surface area contributed by atoms with Crippen molar-refractivity contribution in [3.05, 3.63) is 47.0 Å². The van der Waals surface area contributed by atoms with Crippen molar-refractivity contribution >= 4 is 23.3 Å². The molecule has 6 heteroatoms. The maximum absolute atomic E-state index is 13.3. The highest BCUT2D eigenvalue weighted by atomic mass is 32.1. The van der Waals surface area contributed by atoms with Crippen LogP contribution < -0.4 is 9.47 Å². The van der Waals surface area contributed by atoms with Gasteiger partial charge >= 0.3 is 0 Å². The van der Waals surface area contributed by atoms with Crippen LogP contribution in [0.1, 0.15) is 0 Å². The molecule has 1 aromatic heterocycles. The second-order valence-corrected chi connectivity index (χ2v) is 4.85. The summed E-state index contributed by atoms with van der Waals surface area (Å²) in [6.07, 6.45) is 0. The van der Waals surface area contributed by atoms with Crippen LogP contribution in [0.15, 0.2) is 36.4 Å². The summed E-state index contributed by atoms with van der Waals surface area (Å²) in [5, 5.41) is 0. The third-order valence-corrected chi connectivity index (χ3v) is 3.56. The van der Waals surface area contributed by atoms with Gasteiger partial charge in [-0.25, -0.2) is 4.39 Å². The third-order valence-electron chi connectivity index (χ3n) is 3.27. The zero-order valence-electron chi connectivity index (χ0n) is 11.5. The summed E-state index contributed by atoms with van der Waals surface area (Å²) >= 11 is 5.35. The molecule has 0 radical (unpaired) electrons. The van der Waals surface area contributed by atoms with Crippen LogP contribution in [0.25, 0.3) is 16.7 Å². The Morgan fingerprint density at radius 1 is 1.10 bits per heavy atom. The van der Waals surface area contributed by atoms with E-state index < -0.39 is 0 Å². The monoisotopic (exact) mass is 304 g/mol. The predicted molar refractivity (Wildman–Crippen MR) is 81.5 cm³/mol. The van der Waals surface area contributed by atoms with Crippen molar-refractivity contribution in [2.45, 2.75) is 0 Å². The van der Waals surface area contributed by atoms with E-state index in [2.05, 4.69) is 4.98 Å². The largest absolute Gasteiger partial charge is 0.497 e. The van der Waals surface area contributed by atoms with Gasteiger partial charge < -0.3 is 14.5 Å². The number of nitrogens with one attached hydrogen (secondary N) is 1. The van der Waals surface area contributed by atoms with Gasteiger partial charge in [-0.1, -0.05) is 0 Å². The van der Waals surface area contributed by atoms with Crippen molar-refractivity contribution in [3.8, 4) is 17.2 Å². The van der Waals surface area contributed by atoms with Crippen molar-refractivity contribution in [1.82, 2.24) is 9.55 Å². The van der Waals surface area contributed by atoms with Crippen molar-refractivity contribution in [3.63, 3.8) is 0 Å². The van der Waals surface area contributed by atoms with Crippen LogP contribution in [-0.4, -0.2) is 23.8 Å². The average molecular weight is 304 g/mol. The summed E-state index contributed by atoms with van der Waals surface area (Å²) in [7, 11) is 3.18. The lowest BCUT2D eigenvalue weighted by Crippen LogP contribution is -1.99.